The van der Waals surface area contributed by atoms with Crippen LogP contribution in [0.15, 0.2) is 12.2 Å². The van der Waals surface area contributed by atoms with E-state index in [1.165, 1.54) is 0 Å². The molecule has 0 aromatic heterocycles. The Morgan fingerprint density at radius 1 is 0.582 bits per heavy atom. The third-order valence-electron chi connectivity index (χ3n) is 17.0. The van der Waals surface area contributed by atoms with Gasteiger partial charge in [0.15, 0.2) is 18.9 Å². The predicted molar refractivity (Wildman–Crippen MR) is 219 cm³/mol. The second-order valence-electron chi connectivity index (χ2n) is 20.8. The first kappa shape index (κ1) is 51.7. The summed E-state index contributed by atoms with van der Waals surface area (Å²) in [7, 11) is 0. The minimum Gasteiger partial charge on any atom is -0.432 e. The van der Waals surface area contributed by atoms with Crippen LogP contribution in [0.4, 0.5) is 0 Å². The van der Waals surface area contributed by atoms with Crippen LogP contribution in [0.3, 0.4) is 0 Å². The normalized spacial score (nSPS) is 54.5. The Morgan fingerprint density at radius 3 is 1.60 bits per heavy atom. The SMILES string of the molecule is C=C1C[C@]23CC[C@H]4[C@](C)(CCC[C@@]4(C)C(=O)O[C@@H]4O[C@H](CO)[C@@H](O)[C@H](O)[C@H]4O)[C@@H]2C[C@@H](O[C@@H]2O[C@H](CO)[C@@H](O)[C@H](O[C@@H]4O[C@H](CO)[C@@H](O)[C@H](O)[C@H]4O)[C@H]2O[C@@H]2O[C@H](CO)[C@@H](O)[C@H](O)[C@H]2O)[C@@H]1C3. The van der Waals surface area contributed by atoms with E-state index < -0.39 is 172 Å². The number of carbonyl (C=O) groups is 1. The Kier molecular flexibility index (Phi) is 15.3. The zero-order chi connectivity index (χ0) is 48.7. The molecular formula is C44H70O23. The topological polar surface area (TPSA) is 374 Å². The Morgan fingerprint density at radius 2 is 1.06 bits per heavy atom. The maximum atomic E-state index is 14.4. The number of rotatable bonds is 12. The van der Waals surface area contributed by atoms with Crippen molar-refractivity contribution < 1.29 is 114 Å². The lowest BCUT2D eigenvalue weighted by Gasteiger charge is -2.64. The van der Waals surface area contributed by atoms with Crippen LogP contribution in [0, 0.1) is 34.0 Å². The number of fused-ring (bicyclic) bond motifs is 3. The second-order valence-corrected chi connectivity index (χ2v) is 20.8. The fourth-order valence-corrected chi connectivity index (χ4v) is 13.4. The van der Waals surface area contributed by atoms with E-state index in [1.807, 2.05) is 6.92 Å². The molecule has 4 saturated heterocycles. The van der Waals surface area contributed by atoms with Gasteiger partial charge < -0.3 is 109 Å². The highest BCUT2D eigenvalue weighted by atomic mass is 16.8. The molecule has 8 aliphatic rings. The van der Waals surface area contributed by atoms with Crippen LogP contribution < -0.4 is 0 Å². The van der Waals surface area contributed by atoms with Crippen LogP contribution in [-0.2, 0) is 42.7 Å². The van der Waals surface area contributed by atoms with Crippen molar-refractivity contribution >= 4 is 5.97 Å². The first-order valence-electron chi connectivity index (χ1n) is 23.4. The van der Waals surface area contributed by atoms with Crippen LogP contribution in [0.2, 0.25) is 0 Å². The van der Waals surface area contributed by atoms with Crippen molar-refractivity contribution in [2.24, 2.45) is 34.0 Å². The third-order valence-corrected chi connectivity index (χ3v) is 17.0. The van der Waals surface area contributed by atoms with Gasteiger partial charge in [0.2, 0.25) is 6.29 Å². The molecule has 4 aliphatic carbocycles. The van der Waals surface area contributed by atoms with Gasteiger partial charge >= 0.3 is 5.97 Å². The van der Waals surface area contributed by atoms with Gasteiger partial charge in [0.05, 0.1) is 37.9 Å². The van der Waals surface area contributed by atoms with Crippen molar-refractivity contribution in [2.75, 3.05) is 26.4 Å². The van der Waals surface area contributed by atoms with Crippen molar-refractivity contribution in [2.45, 2.75) is 194 Å². The highest BCUT2D eigenvalue weighted by Gasteiger charge is 2.68. The third kappa shape index (κ3) is 8.83. The molecule has 4 heterocycles. The molecule has 8 fully saturated rings. The molecule has 0 aromatic rings. The van der Waals surface area contributed by atoms with E-state index in [2.05, 4.69) is 13.5 Å². The van der Waals surface area contributed by atoms with Crippen LogP contribution >= 0.6 is 0 Å². The molecule has 384 valence electrons. The highest BCUT2D eigenvalue weighted by molar-refractivity contribution is 5.77. The van der Waals surface area contributed by atoms with Gasteiger partial charge in [-0.25, -0.2) is 0 Å². The van der Waals surface area contributed by atoms with E-state index in [-0.39, 0.29) is 23.2 Å². The van der Waals surface area contributed by atoms with E-state index in [0.717, 1.165) is 12.0 Å². The molecule has 14 N–H and O–H groups in total. The van der Waals surface area contributed by atoms with Gasteiger partial charge in [-0.15, -0.1) is 0 Å². The summed E-state index contributed by atoms with van der Waals surface area (Å²) in [5, 5.41) is 148. The van der Waals surface area contributed by atoms with Crippen molar-refractivity contribution in [3.05, 3.63) is 12.2 Å². The maximum Gasteiger partial charge on any atom is 0.314 e. The molecule has 23 nitrogen and oxygen atoms in total. The standard InChI is InChI=1S/C44H70O23/c1-16-10-44-8-5-23-42(2,6-4-7-43(23,3)41(59)67-39-34(58)31(55)27(51)21(14-47)63-39)24(44)9-18(17(16)11-44)60-40-36(66-38-33(57)30(54)26(50)20(13-46)62-38)35(28(52)22(15-48)64-40)65-37-32(56)29(53)25(49)19(12-45)61-37/h17-40,45-58H,1,4-15H2,2-3H3/t17-,18-,19-,20-,21-,22-,23+,24+,25-,26-,27-,28-,29+,30+,31+,32-,33-,34-,35+,36-,37+,38+,39+,40-,42+,43-,44+/m1/s1. The van der Waals surface area contributed by atoms with Crippen LogP contribution in [0.25, 0.3) is 0 Å². The lowest BCUT2D eigenvalue weighted by atomic mass is 9.41. The Balaban J connectivity index is 1.09. The molecule has 0 aromatic carbocycles. The number of hydrogen-bond acceptors (Lipinski definition) is 23. The van der Waals surface area contributed by atoms with Gasteiger partial charge in [-0.05, 0) is 74.5 Å². The Bertz CT molecular complexity index is 1740. The number of ether oxygens (including phenoxy) is 8. The summed E-state index contributed by atoms with van der Waals surface area (Å²) in [5.74, 6) is -1.31. The maximum absolute atomic E-state index is 14.4. The average Bonchev–Trinajstić information content (AvgIpc) is 3.58. The van der Waals surface area contributed by atoms with Gasteiger partial charge in [0.1, 0.15) is 97.7 Å². The fraction of sp³-hybridized carbons (Fsp3) is 0.932. The molecule has 8 rings (SSSR count). The van der Waals surface area contributed by atoms with Gasteiger partial charge in [-0.2, -0.15) is 0 Å². The summed E-state index contributed by atoms with van der Waals surface area (Å²) in [6.45, 7) is 5.29. The molecule has 67 heavy (non-hydrogen) atoms. The summed E-state index contributed by atoms with van der Waals surface area (Å²) in [5.41, 5.74) is -0.989. The minimum atomic E-state index is -1.96. The molecule has 4 saturated carbocycles. The molecular weight excluding hydrogens is 896 g/mol. The molecule has 23 heteroatoms. The Labute approximate surface area is 386 Å². The lowest BCUT2D eigenvalue weighted by molar-refractivity contribution is -0.397. The number of hydrogen-bond donors (Lipinski definition) is 14. The van der Waals surface area contributed by atoms with Crippen molar-refractivity contribution in [3.63, 3.8) is 0 Å². The molecule has 1 spiro atoms. The van der Waals surface area contributed by atoms with Crippen LogP contribution in [-0.4, -0.2) is 233 Å². The summed E-state index contributed by atoms with van der Waals surface area (Å²) in [6, 6.07) is 0. The average molecular weight is 967 g/mol. The van der Waals surface area contributed by atoms with E-state index in [0.29, 0.717) is 44.9 Å². The monoisotopic (exact) mass is 966 g/mol. The van der Waals surface area contributed by atoms with Gasteiger partial charge in [-0.3, -0.25) is 4.79 Å². The second kappa shape index (κ2) is 19.8. The van der Waals surface area contributed by atoms with Crippen molar-refractivity contribution in [1.29, 1.82) is 0 Å². The minimum absolute atomic E-state index is 0.118. The van der Waals surface area contributed by atoms with Crippen LogP contribution in [0.5, 0.6) is 0 Å². The van der Waals surface area contributed by atoms with E-state index in [4.69, 9.17) is 37.9 Å². The zero-order valence-electron chi connectivity index (χ0n) is 37.5. The first-order valence-corrected chi connectivity index (χ1v) is 23.4. The molecule has 0 radical (unpaired) electrons. The summed E-state index contributed by atoms with van der Waals surface area (Å²) >= 11 is 0. The molecule has 0 unspecified atom stereocenters. The van der Waals surface area contributed by atoms with Crippen molar-refractivity contribution in [1.82, 2.24) is 0 Å². The number of esters is 1. The quantitative estimate of drug-likeness (QED) is 0.0494. The molecule has 2 bridgehead atoms. The molecule has 0 amide bonds. The smallest absolute Gasteiger partial charge is 0.314 e. The highest BCUT2D eigenvalue weighted by Crippen LogP contribution is 2.72. The van der Waals surface area contributed by atoms with Crippen LogP contribution in [0.1, 0.15) is 65.2 Å². The number of aliphatic hydroxyl groups excluding tert-OH is 14. The summed E-state index contributed by atoms with van der Waals surface area (Å²) in [6.07, 6.45) is -30.2. The number of aliphatic hydroxyl groups is 14. The lowest BCUT2D eigenvalue weighted by Crippen LogP contribution is -2.67. The van der Waals surface area contributed by atoms with Crippen molar-refractivity contribution in [3.8, 4) is 0 Å². The Hall–Kier alpha value is -1.63. The van der Waals surface area contributed by atoms with Gasteiger partial charge in [0.25, 0.3) is 0 Å². The first-order chi connectivity index (χ1) is 31.7. The zero-order valence-corrected chi connectivity index (χ0v) is 37.5. The van der Waals surface area contributed by atoms with E-state index in [9.17, 15) is 76.3 Å². The molecule has 4 aliphatic heterocycles. The molecule has 27 atom stereocenters. The summed E-state index contributed by atoms with van der Waals surface area (Å²) < 4.78 is 48.1. The summed E-state index contributed by atoms with van der Waals surface area (Å²) in [4.78, 5) is 14.4. The van der Waals surface area contributed by atoms with E-state index in [1.54, 1.807) is 0 Å². The largest absolute Gasteiger partial charge is 0.432 e. The van der Waals surface area contributed by atoms with Gasteiger partial charge in [0, 0.05) is 5.92 Å². The van der Waals surface area contributed by atoms with E-state index >= 15 is 0 Å². The van der Waals surface area contributed by atoms with Gasteiger partial charge in [-0.1, -0.05) is 25.5 Å². The fourth-order valence-electron chi connectivity index (χ4n) is 13.4. The number of carbonyl (C=O) groups excluding carboxylic acids is 1. The predicted octanol–water partition coefficient (Wildman–Crippen LogP) is -5.26.